The molecule has 0 aliphatic carbocycles. The van der Waals surface area contributed by atoms with Gasteiger partial charge in [0.2, 0.25) is 0 Å². The molecule has 0 aliphatic rings. The van der Waals surface area contributed by atoms with Gasteiger partial charge in [-0.25, -0.2) is 9.78 Å². The zero-order valence-electron chi connectivity index (χ0n) is 13.6. The molecule has 0 aliphatic heterocycles. The molecule has 0 spiro atoms. The fourth-order valence-corrected chi connectivity index (χ4v) is 2.41. The largest absolute Gasteiger partial charge is 0.454 e. The SMILES string of the molecule is O=C(OCc1nccn1Cc1ccccc1)c1ccc(C(F)(F)F)cc1. The molecule has 0 bridgehead atoms. The molecule has 7 heteroatoms. The van der Waals surface area contributed by atoms with Crippen LogP contribution in [0.4, 0.5) is 13.2 Å². The summed E-state index contributed by atoms with van der Waals surface area (Å²) in [5, 5.41) is 0. The Hall–Kier alpha value is -3.09. The minimum Gasteiger partial charge on any atom is -0.454 e. The standard InChI is InChI=1S/C19H15F3N2O2/c20-19(21,22)16-8-6-15(7-9-16)18(25)26-13-17-23-10-11-24(17)12-14-4-2-1-3-5-14/h1-11H,12-13H2. The van der Waals surface area contributed by atoms with Gasteiger partial charge < -0.3 is 9.30 Å². The molecule has 0 radical (unpaired) electrons. The maximum atomic E-state index is 12.6. The van der Waals surface area contributed by atoms with Crippen molar-refractivity contribution in [2.75, 3.05) is 0 Å². The summed E-state index contributed by atoms with van der Waals surface area (Å²) >= 11 is 0. The number of esters is 1. The molecule has 1 aromatic heterocycles. The number of carbonyl (C=O) groups excluding carboxylic acids is 1. The van der Waals surface area contributed by atoms with Crippen molar-refractivity contribution < 1.29 is 22.7 Å². The van der Waals surface area contributed by atoms with E-state index in [2.05, 4.69) is 4.98 Å². The van der Waals surface area contributed by atoms with Gasteiger partial charge in [0.05, 0.1) is 11.1 Å². The molecule has 26 heavy (non-hydrogen) atoms. The van der Waals surface area contributed by atoms with Gasteiger partial charge in [-0.15, -0.1) is 0 Å². The zero-order chi connectivity index (χ0) is 18.6. The predicted molar refractivity (Wildman–Crippen MR) is 88.3 cm³/mol. The van der Waals surface area contributed by atoms with Gasteiger partial charge in [-0.1, -0.05) is 30.3 Å². The number of rotatable bonds is 5. The molecule has 2 aromatic carbocycles. The molecule has 0 saturated heterocycles. The van der Waals surface area contributed by atoms with Crippen LogP contribution in [0.25, 0.3) is 0 Å². The summed E-state index contributed by atoms with van der Waals surface area (Å²) in [7, 11) is 0. The molecule has 3 aromatic rings. The van der Waals surface area contributed by atoms with Crippen LogP contribution in [0.5, 0.6) is 0 Å². The normalized spacial score (nSPS) is 11.3. The average molecular weight is 360 g/mol. The van der Waals surface area contributed by atoms with E-state index in [1.54, 1.807) is 12.4 Å². The minimum atomic E-state index is -4.44. The second-order valence-electron chi connectivity index (χ2n) is 5.61. The Morgan fingerprint density at radius 2 is 1.73 bits per heavy atom. The van der Waals surface area contributed by atoms with Gasteiger partial charge in [0.15, 0.2) is 0 Å². The maximum absolute atomic E-state index is 12.6. The number of hydrogen-bond acceptors (Lipinski definition) is 3. The van der Waals surface area contributed by atoms with Crippen LogP contribution in [-0.4, -0.2) is 15.5 Å². The van der Waals surface area contributed by atoms with E-state index in [0.717, 1.165) is 29.8 Å². The van der Waals surface area contributed by atoms with Crippen molar-refractivity contribution in [1.82, 2.24) is 9.55 Å². The minimum absolute atomic E-state index is 0.0548. The Morgan fingerprint density at radius 1 is 1.04 bits per heavy atom. The van der Waals surface area contributed by atoms with Gasteiger partial charge >= 0.3 is 12.1 Å². The third-order valence-corrected chi connectivity index (χ3v) is 3.78. The van der Waals surface area contributed by atoms with E-state index >= 15 is 0 Å². The van der Waals surface area contributed by atoms with Crippen LogP contribution in [0.2, 0.25) is 0 Å². The van der Waals surface area contributed by atoms with Crippen molar-refractivity contribution in [3.63, 3.8) is 0 Å². The topological polar surface area (TPSA) is 44.1 Å². The number of aromatic nitrogens is 2. The van der Waals surface area contributed by atoms with Crippen molar-refractivity contribution in [2.45, 2.75) is 19.3 Å². The van der Waals surface area contributed by atoms with Crippen molar-refractivity contribution in [1.29, 1.82) is 0 Å². The van der Waals surface area contributed by atoms with Crippen LogP contribution >= 0.6 is 0 Å². The van der Waals surface area contributed by atoms with Gasteiger partial charge in [-0.05, 0) is 29.8 Å². The maximum Gasteiger partial charge on any atom is 0.416 e. The number of hydrogen-bond donors (Lipinski definition) is 0. The van der Waals surface area contributed by atoms with Crippen molar-refractivity contribution >= 4 is 5.97 Å². The lowest BCUT2D eigenvalue weighted by Crippen LogP contribution is -2.11. The quantitative estimate of drug-likeness (QED) is 0.637. The van der Waals surface area contributed by atoms with E-state index in [0.29, 0.717) is 12.4 Å². The molecule has 0 saturated carbocycles. The van der Waals surface area contributed by atoms with Gasteiger partial charge in [-0.2, -0.15) is 13.2 Å². The Bertz CT molecular complexity index is 872. The highest BCUT2D eigenvalue weighted by molar-refractivity contribution is 5.89. The van der Waals surface area contributed by atoms with Crippen LogP contribution in [-0.2, 0) is 24.1 Å². The molecule has 0 amide bonds. The summed E-state index contributed by atoms with van der Waals surface area (Å²) in [5.41, 5.74) is 0.312. The molecule has 4 nitrogen and oxygen atoms in total. The summed E-state index contributed by atoms with van der Waals surface area (Å²) in [6, 6.07) is 13.6. The number of alkyl halides is 3. The van der Waals surface area contributed by atoms with Crippen molar-refractivity contribution in [3.05, 3.63) is 89.5 Å². The number of halogens is 3. The number of imidazole rings is 1. The third kappa shape index (κ3) is 4.30. The first-order valence-corrected chi connectivity index (χ1v) is 7.82. The van der Waals surface area contributed by atoms with E-state index < -0.39 is 17.7 Å². The van der Waals surface area contributed by atoms with Crippen molar-refractivity contribution in [2.24, 2.45) is 0 Å². The molecule has 0 N–H and O–H groups in total. The van der Waals surface area contributed by atoms with E-state index in [1.165, 1.54) is 0 Å². The van der Waals surface area contributed by atoms with E-state index in [1.807, 2.05) is 34.9 Å². The zero-order valence-corrected chi connectivity index (χ0v) is 13.6. The van der Waals surface area contributed by atoms with Crippen LogP contribution in [0, 0.1) is 0 Å². The third-order valence-electron chi connectivity index (χ3n) is 3.78. The smallest absolute Gasteiger partial charge is 0.416 e. The van der Waals surface area contributed by atoms with E-state index in [-0.39, 0.29) is 12.2 Å². The molecular weight excluding hydrogens is 345 g/mol. The summed E-state index contributed by atoms with van der Waals surface area (Å²) in [6.45, 7) is 0.508. The number of ether oxygens (including phenoxy) is 1. The lowest BCUT2D eigenvalue weighted by molar-refractivity contribution is -0.137. The summed E-state index contributed by atoms with van der Waals surface area (Å²) in [4.78, 5) is 16.2. The molecule has 0 fully saturated rings. The van der Waals surface area contributed by atoms with Crippen molar-refractivity contribution in [3.8, 4) is 0 Å². The summed E-state index contributed by atoms with van der Waals surface area (Å²) in [5.74, 6) is -0.151. The highest BCUT2D eigenvalue weighted by Gasteiger charge is 2.30. The second kappa shape index (κ2) is 7.43. The Balaban J connectivity index is 1.63. The average Bonchev–Trinajstić information content (AvgIpc) is 3.07. The lowest BCUT2D eigenvalue weighted by atomic mass is 10.1. The highest BCUT2D eigenvalue weighted by Crippen LogP contribution is 2.29. The number of benzene rings is 2. The fraction of sp³-hybridized carbons (Fsp3) is 0.158. The molecule has 1 heterocycles. The number of carbonyl (C=O) groups is 1. The Kier molecular flexibility index (Phi) is 5.06. The Morgan fingerprint density at radius 3 is 2.38 bits per heavy atom. The van der Waals surface area contributed by atoms with Gasteiger partial charge in [0, 0.05) is 18.9 Å². The first-order chi connectivity index (χ1) is 12.4. The van der Waals surface area contributed by atoms with Gasteiger partial charge in [-0.3, -0.25) is 0 Å². The molecular formula is C19H15F3N2O2. The highest BCUT2D eigenvalue weighted by atomic mass is 19.4. The molecule has 3 rings (SSSR count). The molecule has 134 valence electrons. The Labute approximate surface area is 147 Å². The number of nitrogens with zero attached hydrogens (tertiary/aromatic N) is 2. The summed E-state index contributed by atoms with van der Waals surface area (Å²) < 4.78 is 44.7. The molecule has 0 atom stereocenters. The van der Waals surface area contributed by atoms with Gasteiger partial charge in [0.1, 0.15) is 12.4 Å². The summed E-state index contributed by atoms with van der Waals surface area (Å²) in [6.07, 6.45) is -1.07. The second-order valence-corrected chi connectivity index (χ2v) is 5.61. The van der Waals surface area contributed by atoms with Crippen LogP contribution < -0.4 is 0 Å². The monoisotopic (exact) mass is 360 g/mol. The van der Waals surface area contributed by atoms with E-state index in [4.69, 9.17) is 4.74 Å². The van der Waals surface area contributed by atoms with Crippen LogP contribution in [0.1, 0.15) is 27.3 Å². The van der Waals surface area contributed by atoms with Crippen LogP contribution in [0.3, 0.4) is 0 Å². The van der Waals surface area contributed by atoms with Crippen LogP contribution in [0.15, 0.2) is 67.0 Å². The predicted octanol–water partition coefficient (Wildman–Crippen LogP) is 4.31. The fourth-order valence-electron chi connectivity index (χ4n) is 2.41. The van der Waals surface area contributed by atoms with Gasteiger partial charge in [0.25, 0.3) is 0 Å². The lowest BCUT2D eigenvalue weighted by Gasteiger charge is -2.10. The van der Waals surface area contributed by atoms with E-state index in [9.17, 15) is 18.0 Å². The first kappa shape index (κ1) is 17.7. The first-order valence-electron chi connectivity index (χ1n) is 7.82. The molecule has 0 unspecified atom stereocenters.